The molecule has 0 aromatic carbocycles. The van der Waals surface area contributed by atoms with Crippen LogP contribution in [0.4, 0.5) is 13.2 Å². The normalized spacial score (nSPS) is 12.6. The maximum absolute atomic E-state index is 11.8. The van der Waals surface area contributed by atoms with Crippen LogP contribution in [0.1, 0.15) is 19.5 Å². The zero-order chi connectivity index (χ0) is 14.0. The molecule has 18 heavy (non-hydrogen) atoms. The van der Waals surface area contributed by atoms with Gasteiger partial charge in [-0.2, -0.15) is 13.2 Å². The molecule has 0 unspecified atom stereocenters. The van der Waals surface area contributed by atoms with Crippen molar-refractivity contribution >= 4 is 5.91 Å². The Hall–Kier alpha value is -1.64. The summed E-state index contributed by atoms with van der Waals surface area (Å²) in [6, 6.07) is 0. The van der Waals surface area contributed by atoms with Gasteiger partial charge in [0.25, 0.3) is 0 Å². The Labute approximate surface area is 101 Å². The highest BCUT2D eigenvalue weighted by Crippen LogP contribution is 2.15. The predicted molar refractivity (Wildman–Crippen MR) is 54.3 cm³/mol. The first-order chi connectivity index (χ1) is 8.08. The lowest BCUT2D eigenvalue weighted by atomic mass is 10.1. The van der Waals surface area contributed by atoms with E-state index in [1.165, 1.54) is 20.0 Å². The second kappa shape index (κ2) is 4.92. The molecule has 0 radical (unpaired) electrons. The first kappa shape index (κ1) is 14.4. The topological polar surface area (TPSA) is 80.0 Å². The number of amides is 1. The second-order valence-corrected chi connectivity index (χ2v) is 4.25. The zero-order valence-electron chi connectivity index (χ0n) is 9.82. The molecule has 0 saturated carbocycles. The van der Waals surface area contributed by atoms with Crippen molar-refractivity contribution in [2.75, 3.05) is 6.54 Å². The smallest absolute Gasteiger partial charge is 0.384 e. The van der Waals surface area contributed by atoms with Gasteiger partial charge in [0.2, 0.25) is 5.91 Å². The van der Waals surface area contributed by atoms with Gasteiger partial charge in [-0.25, -0.2) is 4.68 Å². The van der Waals surface area contributed by atoms with Crippen LogP contribution in [-0.2, 0) is 16.9 Å². The molecule has 0 aliphatic rings. The number of aromatic nitrogens is 3. The lowest BCUT2D eigenvalue weighted by Gasteiger charge is -2.11. The summed E-state index contributed by atoms with van der Waals surface area (Å²) in [6.45, 7) is 1.17. The second-order valence-electron chi connectivity index (χ2n) is 4.25. The molecule has 0 aliphatic carbocycles. The molecule has 1 amide bonds. The van der Waals surface area contributed by atoms with Crippen molar-refractivity contribution in [2.45, 2.75) is 32.2 Å². The van der Waals surface area contributed by atoms with Gasteiger partial charge >= 0.3 is 6.18 Å². The van der Waals surface area contributed by atoms with Gasteiger partial charge in [-0.15, -0.1) is 5.10 Å². The van der Waals surface area contributed by atoms with E-state index >= 15 is 0 Å². The monoisotopic (exact) mass is 266 g/mol. The van der Waals surface area contributed by atoms with E-state index in [9.17, 15) is 23.1 Å². The number of carbonyl (C=O) groups is 1. The highest BCUT2D eigenvalue weighted by molar-refractivity contribution is 5.75. The maximum Gasteiger partial charge on any atom is 0.405 e. The van der Waals surface area contributed by atoms with Crippen LogP contribution in [0.5, 0.6) is 0 Å². The Morgan fingerprint density at radius 3 is 2.56 bits per heavy atom. The number of aliphatic hydroxyl groups is 1. The lowest BCUT2D eigenvalue weighted by Crippen LogP contribution is -2.35. The molecule has 6 nitrogen and oxygen atoms in total. The number of carbonyl (C=O) groups excluding carboxylic acids is 1. The van der Waals surface area contributed by atoms with E-state index < -0.39 is 24.2 Å². The van der Waals surface area contributed by atoms with Crippen molar-refractivity contribution in [3.63, 3.8) is 0 Å². The fourth-order valence-electron chi connectivity index (χ4n) is 1.06. The third-order valence-electron chi connectivity index (χ3n) is 1.96. The van der Waals surface area contributed by atoms with Gasteiger partial charge in [-0.1, -0.05) is 5.21 Å². The van der Waals surface area contributed by atoms with Gasteiger partial charge < -0.3 is 10.4 Å². The molecule has 1 heterocycles. The van der Waals surface area contributed by atoms with Crippen LogP contribution in [0.25, 0.3) is 0 Å². The third-order valence-corrected chi connectivity index (χ3v) is 1.96. The Kier molecular flexibility index (Phi) is 3.95. The minimum atomic E-state index is -4.45. The largest absolute Gasteiger partial charge is 0.405 e. The average molecular weight is 266 g/mol. The van der Waals surface area contributed by atoms with Crippen LogP contribution in [0.2, 0.25) is 0 Å². The summed E-state index contributed by atoms with van der Waals surface area (Å²) >= 11 is 0. The highest BCUT2D eigenvalue weighted by Gasteiger charge is 2.28. The molecule has 0 saturated heterocycles. The Morgan fingerprint density at radius 2 is 2.11 bits per heavy atom. The summed E-state index contributed by atoms with van der Waals surface area (Å²) in [7, 11) is 0. The number of halogens is 3. The number of hydrogen-bond acceptors (Lipinski definition) is 4. The van der Waals surface area contributed by atoms with Gasteiger partial charge in [-0.05, 0) is 13.8 Å². The fraction of sp³-hybridized carbons (Fsp3) is 0.667. The number of hydrogen-bond donors (Lipinski definition) is 2. The first-order valence-corrected chi connectivity index (χ1v) is 5.04. The summed E-state index contributed by atoms with van der Waals surface area (Å²) in [5.41, 5.74) is -0.994. The first-order valence-electron chi connectivity index (χ1n) is 5.04. The molecule has 0 spiro atoms. The van der Waals surface area contributed by atoms with E-state index in [2.05, 4.69) is 10.3 Å². The van der Waals surface area contributed by atoms with Crippen LogP contribution < -0.4 is 5.32 Å². The molecular weight excluding hydrogens is 253 g/mol. The van der Waals surface area contributed by atoms with Crippen molar-refractivity contribution in [2.24, 2.45) is 0 Å². The van der Waals surface area contributed by atoms with Crippen LogP contribution >= 0.6 is 0 Å². The molecule has 102 valence electrons. The Bertz CT molecular complexity index is 422. The van der Waals surface area contributed by atoms with Gasteiger partial charge in [0.1, 0.15) is 24.4 Å². The Morgan fingerprint density at radius 1 is 1.50 bits per heavy atom. The molecule has 1 aromatic rings. The highest BCUT2D eigenvalue weighted by atomic mass is 19.4. The molecule has 1 rings (SSSR count). The van der Waals surface area contributed by atoms with E-state index in [4.69, 9.17) is 0 Å². The molecule has 0 atom stereocenters. The SMILES string of the molecule is CC(C)(O)c1cn(CC(=O)NCC(F)(F)F)nn1. The van der Waals surface area contributed by atoms with E-state index in [1.807, 2.05) is 0 Å². The summed E-state index contributed by atoms with van der Waals surface area (Å²) in [4.78, 5) is 11.2. The summed E-state index contributed by atoms with van der Waals surface area (Å²) in [5, 5.41) is 18.4. The molecule has 0 bridgehead atoms. The van der Waals surface area contributed by atoms with Crippen LogP contribution in [-0.4, -0.2) is 38.7 Å². The van der Waals surface area contributed by atoms with Gasteiger partial charge in [0.05, 0.1) is 6.20 Å². The predicted octanol–water partition coefficient (Wildman–Crippen LogP) is 0.184. The molecule has 0 aliphatic heterocycles. The van der Waals surface area contributed by atoms with Gasteiger partial charge in [0, 0.05) is 0 Å². The van der Waals surface area contributed by atoms with Crippen LogP contribution in [0.3, 0.4) is 0 Å². The van der Waals surface area contributed by atoms with E-state index in [0.29, 0.717) is 0 Å². The summed E-state index contributed by atoms with van der Waals surface area (Å²) < 4.78 is 36.6. The van der Waals surface area contributed by atoms with Crippen molar-refractivity contribution < 1.29 is 23.1 Å². The Balaban J connectivity index is 2.53. The zero-order valence-corrected chi connectivity index (χ0v) is 9.82. The fourth-order valence-corrected chi connectivity index (χ4v) is 1.06. The van der Waals surface area contributed by atoms with Gasteiger partial charge in [0.15, 0.2) is 0 Å². The minimum absolute atomic E-state index is 0.228. The van der Waals surface area contributed by atoms with Crippen molar-refractivity contribution in [3.05, 3.63) is 11.9 Å². The number of rotatable bonds is 4. The molecule has 9 heteroatoms. The van der Waals surface area contributed by atoms with E-state index in [-0.39, 0.29) is 12.2 Å². The van der Waals surface area contributed by atoms with Crippen molar-refractivity contribution in [1.82, 2.24) is 20.3 Å². The van der Waals surface area contributed by atoms with E-state index in [1.54, 1.807) is 5.32 Å². The van der Waals surface area contributed by atoms with E-state index in [0.717, 1.165) is 4.68 Å². The third kappa shape index (κ3) is 4.70. The number of alkyl halides is 3. The molecular formula is C9H13F3N4O2. The lowest BCUT2D eigenvalue weighted by molar-refractivity contribution is -0.138. The quantitative estimate of drug-likeness (QED) is 0.815. The summed E-state index contributed by atoms with van der Waals surface area (Å²) in [5.74, 6) is -0.834. The van der Waals surface area contributed by atoms with Gasteiger partial charge in [-0.3, -0.25) is 4.79 Å². The number of nitrogens with one attached hydrogen (secondary N) is 1. The number of nitrogens with zero attached hydrogens (tertiary/aromatic N) is 3. The maximum atomic E-state index is 11.8. The summed E-state index contributed by atoms with van der Waals surface area (Å²) in [6.07, 6.45) is -3.15. The van der Waals surface area contributed by atoms with Crippen LogP contribution in [0.15, 0.2) is 6.20 Å². The average Bonchev–Trinajstić information content (AvgIpc) is 2.61. The molecule has 2 N–H and O–H groups in total. The minimum Gasteiger partial charge on any atom is -0.384 e. The van der Waals surface area contributed by atoms with Crippen molar-refractivity contribution in [3.8, 4) is 0 Å². The van der Waals surface area contributed by atoms with Crippen LogP contribution in [0, 0.1) is 0 Å². The van der Waals surface area contributed by atoms with Crippen molar-refractivity contribution in [1.29, 1.82) is 0 Å². The molecule has 0 fully saturated rings. The standard InChI is InChI=1S/C9H13F3N4O2/c1-8(2,18)6-3-16(15-14-6)4-7(17)13-5-9(10,11)12/h3,18H,4-5H2,1-2H3,(H,13,17). The molecule has 1 aromatic heterocycles.